The molecule has 4 nitrogen and oxygen atoms in total. The Bertz CT molecular complexity index is 532. The molecule has 0 spiro atoms. The van der Waals surface area contributed by atoms with Gasteiger partial charge in [0, 0.05) is 24.8 Å². The predicted octanol–water partition coefficient (Wildman–Crippen LogP) is 2.67. The lowest BCUT2D eigenvalue weighted by atomic mass is 9.98. The second-order valence-corrected chi connectivity index (χ2v) is 6.49. The fraction of sp³-hybridized carbons (Fsp3) is 0.588. The van der Waals surface area contributed by atoms with E-state index in [1.807, 2.05) is 0 Å². The summed E-state index contributed by atoms with van der Waals surface area (Å²) >= 11 is 0. The highest BCUT2D eigenvalue weighted by molar-refractivity contribution is 5.86. The van der Waals surface area contributed by atoms with Crippen LogP contribution in [-0.2, 0) is 11.2 Å². The number of hydrogen-bond acceptors (Lipinski definition) is 3. The third-order valence-electron chi connectivity index (χ3n) is 4.93. The molecular formula is C17H27Cl2N3O. The number of halogens is 2. The third-order valence-corrected chi connectivity index (χ3v) is 4.93. The summed E-state index contributed by atoms with van der Waals surface area (Å²) in [7, 11) is 0. The molecular weight excluding hydrogens is 333 g/mol. The lowest BCUT2D eigenvalue weighted by Gasteiger charge is -2.27. The van der Waals surface area contributed by atoms with Gasteiger partial charge < -0.3 is 16.0 Å². The zero-order chi connectivity index (χ0) is 14.9. The largest absolute Gasteiger partial charge is 0.367 e. The molecule has 130 valence electrons. The van der Waals surface area contributed by atoms with Crippen LogP contribution in [0.25, 0.3) is 0 Å². The van der Waals surface area contributed by atoms with Crippen LogP contribution in [0.2, 0.25) is 0 Å². The van der Waals surface area contributed by atoms with E-state index < -0.39 is 5.54 Å². The minimum absolute atomic E-state index is 0. The van der Waals surface area contributed by atoms with Gasteiger partial charge in [0.25, 0.3) is 0 Å². The van der Waals surface area contributed by atoms with Crippen molar-refractivity contribution in [1.29, 1.82) is 0 Å². The van der Waals surface area contributed by atoms with Crippen LogP contribution in [0.5, 0.6) is 0 Å². The van der Waals surface area contributed by atoms with Crippen molar-refractivity contribution in [1.82, 2.24) is 5.32 Å². The number of anilines is 1. The maximum Gasteiger partial charge on any atom is 0.240 e. The van der Waals surface area contributed by atoms with Gasteiger partial charge in [0.05, 0.1) is 5.54 Å². The minimum Gasteiger partial charge on any atom is -0.367 e. The van der Waals surface area contributed by atoms with E-state index in [9.17, 15) is 4.79 Å². The quantitative estimate of drug-likeness (QED) is 0.868. The van der Waals surface area contributed by atoms with Gasteiger partial charge in [0.2, 0.25) is 5.91 Å². The standard InChI is InChI=1S/C17H25N3O.2ClH/c1-13-12-14-6-2-3-7-15(14)20(13)11-10-19-16(21)17(18)8-4-5-9-17;;/h2-3,6-7,13H,4-5,8-12,18H2,1H3,(H,19,21);2*1H. The van der Waals surface area contributed by atoms with E-state index in [1.165, 1.54) is 11.3 Å². The molecule has 1 unspecified atom stereocenters. The van der Waals surface area contributed by atoms with Crippen LogP contribution in [0.4, 0.5) is 5.69 Å². The molecule has 1 amide bonds. The summed E-state index contributed by atoms with van der Waals surface area (Å²) in [6, 6.07) is 9.03. The molecule has 0 saturated heterocycles. The van der Waals surface area contributed by atoms with Crippen LogP contribution < -0.4 is 16.0 Å². The fourth-order valence-electron chi connectivity index (χ4n) is 3.67. The summed E-state index contributed by atoms with van der Waals surface area (Å²) in [5.74, 6) is 0.0279. The number of nitrogens with two attached hydrogens (primary N) is 1. The van der Waals surface area contributed by atoms with E-state index in [4.69, 9.17) is 5.73 Å². The van der Waals surface area contributed by atoms with E-state index in [0.29, 0.717) is 12.6 Å². The van der Waals surface area contributed by atoms with Gasteiger partial charge in [-0.15, -0.1) is 24.8 Å². The van der Waals surface area contributed by atoms with Gasteiger partial charge in [-0.3, -0.25) is 4.79 Å². The van der Waals surface area contributed by atoms with Crippen molar-refractivity contribution in [2.24, 2.45) is 5.73 Å². The Hall–Kier alpha value is -0.970. The number of nitrogens with one attached hydrogen (secondary N) is 1. The number of nitrogens with zero attached hydrogens (tertiary/aromatic N) is 1. The van der Waals surface area contributed by atoms with Crippen LogP contribution in [0, 0.1) is 0 Å². The topological polar surface area (TPSA) is 58.4 Å². The molecule has 1 aromatic rings. The second-order valence-electron chi connectivity index (χ2n) is 6.49. The molecule has 3 N–H and O–H groups in total. The van der Waals surface area contributed by atoms with Crippen LogP contribution in [0.15, 0.2) is 24.3 Å². The van der Waals surface area contributed by atoms with Crippen molar-refractivity contribution >= 4 is 36.4 Å². The predicted molar refractivity (Wildman–Crippen MR) is 99.8 cm³/mol. The molecule has 0 aromatic heterocycles. The van der Waals surface area contributed by atoms with Gasteiger partial charge in [0.15, 0.2) is 0 Å². The molecule has 6 heteroatoms. The van der Waals surface area contributed by atoms with E-state index in [2.05, 4.69) is 41.4 Å². The highest BCUT2D eigenvalue weighted by Gasteiger charge is 2.36. The Kier molecular flexibility index (Phi) is 7.18. The normalized spacial score (nSPS) is 21.1. The van der Waals surface area contributed by atoms with Crippen molar-refractivity contribution < 1.29 is 4.79 Å². The molecule has 0 radical (unpaired) electrons. The van der Waals surface area contributed by atoms with Crippen molar-refractivity contribution in [3.63, 3.8) is 0 Å². The van der Waals surface area contributed by atoms with Crippen LogP contribution in [0.1, 0.15) is 38.2 Å². The number of benzene rings is 1. The number of amides is 1. The van der Waals surface area contributed by atoms with Gasteiger partial charge in [-0.2, -0.15) is 0 Å². The first-order valence-electron chi connectivity index (χ1n) is 8.02. The van der Waals surface area contributed by atoms with Gasteiger partial charge in [-0.25, -0.2) is 0 Å². The number of para-hydroxylation sites is 1. The van der Waals surface area contributed by atoms with E-state index >= 15 is 0 Å². The molecule has 1 fully saturated rings. The lowest BCUT2D eigenvalue weighted by molar-refractivity contribution is -0.126. The average Bonchev–Trinajstić information content (AvgIpc) is 3.04. The van der Waals surface area contributed by atoms with Gasteiger partial charge in [-0.05, 0) is 37.8 Å². The first kappa shape index (κ1) is 20.1. The average molecular weight is 360 g/mol. The number of hydrogen-bond donors (Lipinski definition) is 2. The van der Waals surface area contributed by atoms with E-state index in [-0.39, 0.29) is 30.7 Å². The van der Waals surface area contributed by atoms with Crippen molar-refractivity contribution in [2.45, 2.75) is 50.6 Å². The number of carbonyl (C=O) groups excluding carboxylic acids is 1. The minimum atomic E-state index is -0.617. The summed E-state index contributed by atoms with van der Waals surface area (Å²) in [5.41, 5.74) is 8.27. The summed E-state index contributed by atoms with van der Waals surface area (Å²) in [5, 5.41) is 3.04. The third kappa shape index (κ3) is 4.11. The number of rotatable bonds is 4. The lowest BCUT2D eigenvalue weighted by Crippen LogP contribution is -2.53. The van der Waals surface area contributed by atoms with Gasteiger partial charge in [0.1, 0.15) is 0 Å². The Labute approximate surface area is 151 Å². The summed E-state index contributed by atoms with van der Waals surface area (Å²) in [6.07, 6.45) is 4.87. The molecule has 1 aliphatic carbocycles. The Balaban J connectivity index is 0.00000132. The molecule has 1 aliphatic heterocycles. The van der Waals surface area contributed by atoms with Crippen molar-refractivity contribution in [3.05, 3.63) is 29.8 Å². The van der Waals surface area contributed by atoms with Crippen LogP contribution in [-0.4, -0.2) is 30.6 Å². The molecule has 1 aromatic carbocycles. The molecule has 1 atom stereocenters. The monoisotopic (exact) mass is 359 g/mol. The molecule has 0 bridgehead atoms. The SMILES string of the molecule is CC1Cc2ccccc2N1CCNC(=O)C1(N)CCCC1.Cl.Cl. The summed E-state index contributed by atoms with van der Waals surface area (Å²) in [6.45, 7) is 3.75. The summed E-state index contributed by atoms with van der Waals surface area (Å²) < 4.78 is 0. The van der Waals surface area contributed by atoms with Crippen LogP contribution >= 0.6 is 24.8 Å². The highest BCUT2D eigenvalue weighted by atomic mass is 35.5. The van der Waals surface area contributed by atoms with Crippen molar-refractivity contribution in [3.8, 4) is 0 Å². The van der Waals surface area contributed by atoms with E-state index in [0.717, 1.165) is 38.6 Å². The van der Waals surface area contributed by atoms with Gasteiger partial charge >= 0.3 is 0 Å². The first-order valence-corrected chi connectivity index (χ1v) is 8.02. The molecule has 2 aliphatic rings. The fourth-order valence-corrected chi connectivity index (χ4v) is 3.67. The first-order chi connectivity index (χ1) is 10.1. The highest BCUT2D eigenvalue weighted by Crippen LogP contribution is 2.31. The van der Waals surface area contributed by atoms with Gasteiger partial charge in [-0.1, -0.05) is 31.0 Å². The number of fused-ring (bicyclic) bond motifs is 1. The Morgan fingerprint density at radius 1 is 1.30 bits per heavy atom. The summed E-state index contributed by atoms with van der Waals surface area (Å²) in [4.78, 5) is 14.6. The molecule has 23 heavy (non-hydrogen) atoms. The van der Waals surface area contributed by atoms with Crippen molar-refractivity contribution in [2.75, 3.05) is 18.0 Å². The zero-order valence-electron chi connectivity index (χ0n) is 13.6. The molecule has 1 saturated carbocycles. The smallest absolute Gasteiger partial charge is 0.240 e. The zero-order valence-corrected chi connectivity index (χ0v) is 15.2. The maximum absolute atomic E-state index is 12.2. The molecule has 3 rings (SSSR count). The molecule has 1 heterocycles. The second kappa shape index (κ2) is 8.22. The Morgan fingerprint density at radius 3 is 2.65 bits per heavy atom. The number of carbonyl (C=O) groups is 1. The Morgan fingerprint density at radius 2 is 1.96 bits per heavy atom. The van der Waals surface area contributed by atoms with E-state index in [1.54, 1.807) is 0 Å². The maximum atomic E-state index is 12.2. The van der Waals surface area contributed by atoms with Crippen LogP contribution in [0.3, 0.4) is 0 Å².